The fourth-order valence-corrected chi connectivity index (χ4v) is 2.67. The van der Waals surface area contributed by atoms with Gasteiger partial charge >= 0.3 is 0 Å². The number of amides is 2. The van der Waals surface area contributed by atoms with Gasteiger partial charge in [-0.3, -0.25) is 9.59 Å². The molecule has 0 spiro atoms. The minimum Gasteiger partial charge on any atom is -0.495 e. The highest BCUT2D eigenvalue weighted by atomic mass is 16.5. The van der Waals surface area contributed by atoms with E-state index < -0.39 is 0 Å². The van der Waals surface area contributed by atoms with Crippen molar-refractivity contribution in [3.63, 3.8) is 0 Å². The topological polar surface area (TPSA) is 91.2 Å². The third-order valence-electron chi connectivity index (χ3n) is 4.24. The van der Waals surface area contributed by atoms with Crippen LogP contribution in [0.5, 0.6) is 5.75 Å². The molecular weight excluding hydrogens is 378 g/mol. The zero-order valence-corrected chi connectivity index (χ0v) is 16.3. The number of benzene rings is 3. The Labute approximate surface area is 174 Å². The van der Waals surface area contributed by atoms with Crippen LogP contribution in [0.4, 0.5) is 11.4 Å². The molecule has 6 heteroatoms. The SMILES string of the molecule is COc1ccccc1NC(=O)c1ccc(NC(=O)/C=C/c2ccc(C#N)cc2)cc1. The third-order valence-corrected chi connectivity index (χ3v) is 4.24. The van der Waals surface area contributed by atoms with E-state index in [-0.39, 0.29) is 11.8 Å². The van der Waals surface area contributed by atoms with Gasteiger partial charge in [-0.2, -0.15) is 5.26 Å². The summed E-state index contributed by atoms with van der Waals surface area (Å²) in [4.78, 5) is 24.5. The minimum absolute atomic E-state index is 0.280. The molecule has 0 saturated heterocycles. The first-order valence-corrected chi connectivity index (χ1v) is 9.12. The molecule has 0 heterocycles. The van der Waals surface area contributed by atoms with Crippen LogP contribution in [0.2, 0.25) is 0 Å². The van der Waals surface area contributed by atoms with Gasteiger partial charge in [0.1, 0.15) is 5.75 Å². The number of nitrogens with one attached hydrogen (secondary N) is 2. The van der Waals surface area contributed by atoms with Crippen molar-refractivity contribution in [1.29, 1.82) is 5.26 Å². The average molecular weight is 397 g/mol. The summed E-state index contributed by atoms with van der Waals surface area (Å²) in [5.41, 5.74) is 2.97. The number of rotatable bonds is 6. The smallest absolute Gasteiger partial charge is 0.255 e. The summed E-state index contributed by atoms with van der Waals surface area (Å²) in [6, 6.07) is 22.7. The van der Waals surface area contributed by atoms with Gasteiger partial charge < -0.3 is 15.4 Å². The number of carbonyl (C=O) groups excluding carboxylic acids is 2. The first kappa shape index (κ1) is 20.4. The molecule has 3 aromatic rings. The van der Waals surface area contributed by atoms with Crippen molar-refractivity contribution in [2.24, 2.45) is 0 Å². The number of ether oxygens (including phenoxy) is 1. The summed E-state index contributed by atoms with van der Waals surface area (Å²) in [7, 11) is 1.54. The maximum Gasteiger partial charge on any atom is 0.255 e. The normalized spacial score (nSPS) is 10.3. The Morgan fingerprint density at radius 3 is 2.30 bits per heavy atom. The molecule has 0 aliphatic heterocycles. The molecule has 3 rings (SSSR count). The van der Waals surface area contributed by atoms with Crippen LogP contribution in [0.25, 0.3) is 6.08 Å². The van der Waals surface area contributed by atoms with Crippen molar-refractivity contribution < 1.29 is 14.3 Å². The number of methoxy groups -OCH3 is 1. The van der Waals surface area contributed by atoms with Crippen molar-refractivity contribution in [2.45, 2.75) is 0 Å². The van der Waals surface area contributed by atoms with Crippen molar-refractivity contribution in [3.8, 4) is 11.8 Å². The lowest BCUT2D eigenvalue weighted by Gasteiger charge is -2.10. The van der Waals surface area contributed by atoms with Crippen LogP contribution in [0, 0.1) is 11.3 Å². The van der Waals surface area contributed by atoms with Gasteiger partial charge in [0, 0.05) is 17.3 Å². The van der Waals surface area contributed by atoms with Crippen molar-refractivity contribution in [2.75, 3.05) is 17.7 Å². The van der Waals surface area contributed by atoms with E-state index >= 15 is 0 Å². The van der Waals surface area contributed by atoms with E-state index in [0.29, 0.717) is 28.3 Å². The minimum atomic E-state index is -0.300. The van der Waals surface area contributed by atoms with Gasteiger partial charge in [-0.25, -0.2) is 0 Å². The zero-order valence-electron chi connectivity index (χ0n) is 16.3. The highest BCUT2D eigenvalue weighted by Gasteiger charge is 2.09. The second-order valence-corrected chi connectivity index (χ2v) is 6.29. The summed E-state index contributed by atoms with van der Waals surface area (Å²) < 4.78 is 5.23. The largest absolute Gasteiger partial charge is 0.495 e. The molecule has 0 radical (unpaired) electrons. The molecule has 0 aliphatic carbocycles. The van der Waals surface area contributed by atoms with Crippen molar-refractivity contribution in [1.82, 2.24) is 0 Å². The molecule has 2 amide bonds. The molecule has 0 saturated carbocycles. The fourth-order valence-electron chi connectivity index (χ4n) is 2.67. The van der Waals surface area contributed by atoms with Crippen LogP contribution >= 0.6 is 0 Å². The Kier molecular flexibility index (Phi) is 6.59. The van der Waals surface area contributed by atoms with Gasteiger partial charge in [0.05, 0.1) is 24.4 Å². The maximum atomic E-state index is 12.4. The molecule has 6 nitrogen and oxygen atoms in total. The lowest BCUT2D eigenvalue weighted by atomic mass is 10.1. The summed E-state index contributed by atoms with van der Waals surface area (Å²) in [5, 5.41) is 14.3. The lowest BCUT2D eigenvalue weighted by molar-refractivity contribution is -0.111. The van der Waals surface area contributed by atoms with E-state index in [0.717, 1.165) is 5.56 Å². The quantitative estimate of drug-likeness (QED) is 0.600. The van der Waals surface area contributed by atoms with E-state index in [1.165, 1.54) is 13.2 Å². The second kappa shape index (κ2) is 9.71. The molecule has 0 unspecified atom stereocenters. The van der Waals surface area contributed by atoms with Crippen LogP contribution in [0.3, 0.4) is 0 Å². The molecule has 0 bridgehead atoms. The van der Waals surface area contributed by atoms with Crippen LogP contribution in [0.1, 0.15) is 21.5 Å². The number of hydrogen-bond donors (Lipinski definition) is 2. The van der Waals surface area contributed by atoms with Crippen molar-refractivity contribution >= 4 is 29.3 Å². The molecule has 0 aromatic heterocycles. The Balaban J connectivity index is 1.59. The summed E-state index contributed by atoms with van der Waals surface area (Å²) in [6.07, 6.45) is 3.06. The van der Waals surface area contributed by atoms with E-state index in [1.807, 2.05) is 18.2 Å². The fraction of sp³-hybridized carbons (Fsp3) is 0.0417. The standard InChI is InChI=1S/C24H19N3O3/c1-30-22-5-3-2-4-21(22)27-24(29)19-11-13-20(14-12-19)26-23(28)15-10-17-6-8-18(16-25)9-7-17/h2-15H,1H3,(H,26,28)(H,27,29)/b15-10+. The van der Waals surface area contributed by atoms with Crippen LogP contribution in [-0.2, 0) is 4.79 Å². The number of nitriles is 1. The van der Waals surface area contributed by atoms with Crippen LogP contribution < -0.4 is 15.4 Å². The van der Waals surface area contributed by atoms with E-state index in [9.17, 15) is 9.59 Å². The molecule has 148 valence electrons. The second-order valence-electron chi connectivity index (χ2n) is 6.29. The molecule has 0 atom stereocenters. The number of nitrogens with zero attached hydrogens (tertiary/aromatic N) is 1. The summed E-state index contributed by atoms with van der Waals surface area (Å²) in [5.74, 6) is -0.00699. The van der Waals surface area contributed by atoms with E-state index in [1.54, 1.807) is 66.7 Å². The Morgan fingerprint density at radius 2 is 1.63 bits per heavy atom. The predicted octanol–water partition coefficient (Wildman–Crippen LogP) is 4.47. The molecule has 3 aromatic carbocycles. The van der Waals surface area contributed by atoms with E-state index in [4.69, 9.17) is 10.00 Å². The van der Waals surface area contributed by atoms with Gasteiger partial charge in [-0.1, -0.05) is 24.3 Å². The van der Waals surface area contributed by atoms with Gasteiger partial charge in [0.25, 0.3) is 5.91 Å². The first-order valence-electron chi connectivity index (χ1n) is 9.12. The summed E-state index contributed by atoms with van der Waals surface area (Å²) in [6.45, 7) is 0. The number of para-hydroxylation sites is 2. The molecular formula is C24H19N3O3. The highest BCUT2D eigenvalue weighted by molar-refractivity contribution is 6.06. The maximum absolute atomic E-state index is 12.4. The number of carbonyl (C=O) groups is 2. The molecule has 30 heavy (non-hydrogen) atoms. The Bertz CT molecular complexity index is 1110. The summed E-state index contributed by atoms with van der Waals surface area (Å²) >= 11 is 0. The Hall–Kier alpha value is -4.37. The number of hydrogen-bond acceptors (Lipinski definition) is 4. The zero-order chi connectivity index (χ0) is 21.3. The average Bonchev–Trinajstić information content (AvgIpc) is 2.79. The third kappa shape index (κ3) is 5.33. The monoisotopic (exact) mass is 397 g/mol. The number of anilines is 2. The van der Waals surface area contributed by atoms with Crippen molar-refractivity contribution in [3.05, 3.63) is 95.6 Å². The van der Waals surface area contributed by atoms with Crippen LogP contribution in [0.15, 0.2) is 78.9 Å². The van der Waals surface area contributed by atoms with Gasteiger partial charge in [-0.05, 0) is 60.2 Å². The molecule has 0 fully saturated rings. The first-order chi connectivity index (χ1) is 14.6. The van der Waals surface area contributed by atoms with Gasteiger partial charge in [-0.15, -0.1) is 0 Å². The molecule has 2 N–H and O–H groups in total. The van der Waals surface area contributed by atoms with Gasteiger partial charge in [0.15, 0.2) is 0 Å². The van der Waals surface area contributed by atoms with Crippen LogP contribution in [-0.4, -0.2) is 18.9 Å². The lowest BCUT2D eigenvalue weighted by Crippen LogP contribution is -2.13. The predicted molar refractivity (Wildman–Crippen MR) is 116 cm³/mol. The van der Waals surface area contributed by atoms with Gasteiger partial charge in [0.2, 0.25) is 5.91 Å². The highest BCUT2D eigenvalue weighted by Crippen LogP contribution is 2.23. The molecule has 0 aliphatic rings. The Morgan fingerprint density at radius 1 is 0.933 bits per heavy atom. The van der Waals surface area contributed by atoms with E-state index in [2.05, 4.69) is 10.6 Å².